The average molecular weight is 65.7 g/mol. The second kappa shape index (κ2) is 3.87. The number of hydrogen-bond donors (Lipinski definition) is 0. The highest BCUT2D eigenvalue weighted by molar-refractivity contribution is 6.18. The summed E-state index contributed by atoms with van der Waals surface area (Å²) in [4.78, 5) is 0. The standard InChI is InChI=1S/C3H8B2/c4-2-1-3-5/h1-2H,3-5H2/b2-1+. The van der Waals surface area contributed by atoms with Crippen molar-refractivity contribution in [3.05, 3.63) is 12.1 Å². The van der Waals surface area contributed by atoms with E-state index in [4.69, 9.17) is 0 Å². The SMILES string of the molecule is B/C=C/CB. The first-order valence-corrected chi connectivity index (χ1v) is 2.03. The third kappa shape index (κ3) is 3.87. The van der Waals surface area contributed by atoms with Gasteiger partial charge >= 0.3 is 0 Å². The van der Waals surface area contributed by atoms with Crippen molar-refractivity contribution in [1.29, 1.82) is 0 Å². The van der Waals surface area contributed by atoms with Gasteiger partial charge in [-0.2, -0.15) is 0 Å². The molecule has 0 N–H and O–H groups in total. The van der Waals surface area contributed by atoms with E-state index in [1.165, 1.54) is 0 Å². The van der Waals surface area contributed by atoms with Gasteiger partial charge < -0.3 is 0 Å². The van der Waals surface area contributed by atoms with Crippen LogP contribution in [0.2, 0.25) is 6.32 Å². The van der Waals surface area contributed by atoms with E-state index in [1.807, 2.05) is 7.85 Å². The third-order valence-corrected chi connectivity index (χ3v) is 0.471. The lowest BCUT2D eigenvalue weighted by Gasteiger charge is -1.64. The summed E-state index contributed by atoms with van der Waals surface area (Å²) in [6.45, 7) is 0. The molecule has 0 radical (unpaired) electrons. The lowest BCUT2D eigenvalue weighted by Crippen LogP contribution is -1.55. The van der Waals surface area contributed by atoms with Gasteiger partial charge in [0, 0.05) is 0 Å². The maximum atomic E-state index is 2.12. The molecule has 2 heteroatoms. The van der Waals surface area contributed by atoms with Crippen molar-refractivity contribution in [2.75, 3.05) is 0 Å². The topological polar surface area (TPSA) is 0 Å². The molecule has 0 spiro atoms. The molecular formula is C3H8B2. The van der Waals surface area contributed by atoms with Crippen molar-refractivity contribution >= 4 is 15.7 Å². The van der Waals surface area contributed by atoms with Crippen LogP contribution in [0.25, 0.3) is 0 Å². The van der Waals surface area contributed by atoms with Crippen LogP contribution in [0.4, 0.5) is 0 Å². The zero-order valence-electron chi connectivity index (χ0n) is 3.86. The van der Waals surface area contributed by atoms with Gasteiger partial charge in [-0.25, -0.2) is 0 Å². The van der Waals surface area contributed by atoms with Crippen LogP contribution >= 0.6 is 0 Å². The van der Waals surface area contributed by atoms with Crippen LogP contribution in [-0.4, -0.2) is 15.7 Å². The van der Waals surface area contributed by atoms with Crippen LogP contribution in [0, 0.1) is 0 Å². The second-order valence-corrected chi connectivity index (χ2v) is 0.977. The molecule has 0 aromatic carbocycles. The van der Waals surface area contributed by atoms with E-state index in [2.05, 4.69) is 19.9 Å². The van der Waals surface area contributed by atoms with Gasteiger partial charge in [0.15, 0.2) is 0 Å². The van der Waals surface area contributed by atoms with Gasteiger partial charge in [-0.15, -0.1) is 12.1 Å². The predicted molar refractivity (Wildman–Crippen MR) is 31.0 cm³/mol. The van der Waals surface area contributed by atoms with E-state index in [9.17, 15) is 0 Å². The van der Waals surface area contributed by atoms with Gasteiger partial charge in [-0.3, -0.25) is 0 Å². The summed E-state index contributed by atoms with van der Waals surface area (Å²) in [7, 11) is 4.16. The highest BCUT2D eigenvalue weighted by Crippen LogP contribution is 1.67. The molecule has 0 aromatic rings. The highest BCUT2D eigenvalue weighted by Gasteiger charge is 1.54. The molecule has 0 rings (SSSR count). The van der Waals surface area contributed by atoms with Gasteiger partial charge in [-0.1, -0.05) is 6.32 Å². The summed E-state index contributed by atoms with van der Waals surface area (Å²) in [5.74, 6) is 2.06. The predicted octanol–water partition coefficient (Wildman–Crippen LogP) is -0.815. The van der Waals surface area contributed by atoms with E-state index in [0.29, 0.717) is 0 Å². The van der Waals surface area contributed by atoms with Gasteiger partial charge in [0.1, 0.15) is 15.7 Å². The molecule has 0 amide bonds. The Hall–Kier alpha value is -0.130. The molecule has 0 aliphatic rings. The molecule has 26 valence electrons. The molecule has 0 atom stereocenters. The molecule has 0 heterocycles. The summed E-state index contributed by atoms with van der Waals surface area (Å²) in [6, 6.07) is 0. The second-order valence-electron chi connectivity index (χ2n) is 0.977. The zero-order valence-corrected chi connectivity index (χ0v) is 3.86. The Labute approximate surface area is 35.1 Å². The van der Waals surface area contributed by atoms with Gasteiger partial charge in [-0.05, 0) is 0 Å². The fraction of sp³-hybridized carbons (Fsp3) is 0.333. The first kappa shape index (κ1) is 4.87. The lowest BCUT2D eigenvalue weighted by molar-refractivity contribution is 1.75. The van der Waals surface area contributed by atoms with E-state index in [0.717, 1.165) is 6.32 Å². The van der Waals surface area contributed by atoms with E-state index in [-0.39, 0.29) is 0 Å². The Balaban J connectivity index is 2.62. The van der Waals surface area contributed by atoms with Gasteiger partial charge in [0.2, 0.25) is 0 Å². The molecule has 0 aromatic heterocycles. The Bertz CT molecular complexity index is 31.9. The summed E-state index contributed by atoms with van der Waals surface area (Å²) in [5, 5.41) is 0. The summed E-state index contributed by atoms with van der Waals surface area (Å²) in [5.41, 5.74) is 0. The quantitative estimate of drug-likeness (QED) is 0.351. The van der Waals surface area contributed by atoms with Crippen LogP contribution in [0.5, 0.6) is 0 Å². The van der Waals surface area contributed by atoms with Crippen LogP contribution in [-0.2, 0) is 0 Å². The third-order valence-electron chi connectivity index (χ3n) is 0.471. The maximum absolute atomic E-state index is 2.12. The molecule has 0 nitrogen and oxygen atoms in total. The Kier molecular flexibility index (Phi) is 3.77. The Morgan fingerprint density at radius 1 is 1.60 bits per heavy atom. The Morgan fingerprint density at radius 3 is 2.20 bits per heavy atom. The maximum Gasteiger partial charge on any atom is 0.129 e. The number of hydrogen-bond acceptors (Lipinski definition) is 0. The fourth-order valence-corrected chi connectivity index (χ4v) is 0.236. The number of allylic oxidation sites excluding steroid dienone is 1. The summed E-state index contributed by atoms with van der Waals surface area (Å²) >= 11 is 0. The fourth-order valence-electron chi connectivity index (χ4n) is 0.236. The molecule has 0 aliphatic carbocycles. The normalized spacial score (nSPS) is 9.60. The van der Waals surface area contributed by atoms with Crippen molar-refractivity contribution in [1.82, 2.24) is 0 Å². The van der Waals surface area contributed by atoms with E-state index >= 15 is 0 Å². The van der Waals surface area contributed by atoms with Crippen molar-refractivity contribution in [3.63, 3.8) is 0 Å². The number of rotatable bonds is 1. The molecule has 0 saturated carbocycles. The zero-order chi connectivity index (χ0) is 4.12. The first-order chi connectivity index (χ1) is 2.41. The molecule has 0 aliphatic heterocycles. The Morgan fingerprint density at radius 2 is 2.20 bits per heavy atom. The van der Waals surface area contributed by atoms with Crippen LogP contribution in [0.3, 0.4) is 0 Å². The van der Waals surface area contributed by atoms with Crippen LogP contribution in [0.1, 0.15) is 0 Å². The summed E-state index contributed by atoms with van der Waals surface area (Å²) in [6.07, 6.45) is 3.29. The van der Waals surface area contributed by atoms with Crippen molar-refractivity contribution in [2.45, 2.75) is 6.32 Å². The molecule has 0 unspecified atom stereocenters. The highest BCUT2D eigenvalue weighted by atomic mass is 13.4. The van der Waals surface area contributed by atoms with Crippen molar-refractivity contribution < 1.29 is 0 Å². The van der Waals surface area contributed by atoms with Gasteiger partial charge in [0.25, 0.3) is 0 Å². The average Bonchev–Trinajstić information content (AvgIpc) is 1.41. The molecular weight excluding hydrogens is 57.7 g/mol. The van der Waals surface area contributed by atoms with Crippen LogP contribution < -0.4 is 0 Å². The molecule has 0 fully saturated rings. The van der Waals surface area contributed by atoms with Crippen molar-refractivity contribution in [2.24, 2.45) is 0 Å². The molecule has 0 bridgehead atoms. The molecule has 0 saturated heterocycles. The minimum Gasteiger partial charge on any atom is -0.128 e. The summed E-state index contributed by atoms with van der Waals surface area (Å²) < 4.78 is 0. The van der Waals surface area contributed by atoms with Crippen LogP contribution in [0.15, 0.2) is 12.1 Å². The monoisotopic (exact) mass is 66.1 g/mol. The van der Waals surface area contributed by atoms with E-state index < -0.39 is 0 Å². The van der Waals surface area contributed by atoms with E-state index in [1.54, 1.807) is 0 Å². The first-order valence-electron chi connectivity index (χ1n) is 2.03. The smallest absolute Gasteiger partial charge is 0.128 e. The minimum atomic E-state index is 1.16. The molecule has 5 heavy (non-hydrogen) atoms. The van der Waals surface area contributed by atoms with Gasteiger partial charge in [0.05, 0.1) is 0 Å². The van der Waals surface area contributed by atoms with Crippen molar-refractivity contribution in [3.8, 4) is 0 Å². The largest absolute Gasteiger partial charge is 0.129 e. The minimum absolute atomic E-state index is 1.16. The lowest BCUT2D eigenvalue weighted by atomic mass is 10.0.